The van der Waals surface area contributed by atoms with E-state index in [0.29, 0.717) is 6.10 Å². The van der Waals surface area contributed by atoms with Gasteiger partial charge in [0, 0.05) is 45.3 Å². The first kappa shape index (κ1) is 22.0. The topological polar surface area (TPSA) is 46.1 Å². The summed E-state index contributed by atoms with van der Waals surface area (Å²) in [7, 11) is 3.83. The molecule has 2 heterocycles. The number of ether oxygens (including phenoxy) is 2. The van der Waals surface area contributed by atoms with E-state index in [-0.39, 0.29) is 24.0 Å². The molecule has 8 heteroatoms. The number of rotatable bonds is 7. The molecule has 138 valence electrons. The molecule has 0 aromatic carbocycles. The van der Waals surface area contributed by atoms with E-state index in [1.54, 1.807) is 18.4 Å². The fourth-order valence-corrected chi connectivity index (χ4v) is 3.64. The Morgan fingerprint density at radius 1 is 1.46 bits per heavy atom. The Kier molecular flexibility index (Phi) is 11.2. The quantitative estimate of drug-likeness (QED) is 0.276. The summed E-state index contributed by atoms with van der Waals surface area (Å²) >= 11 is 7.57. The number of hydrogen-bond donors (Lipinski definition) is 1. The van der Waals surface area contributed by atoms with Gasteiger partial charge in [-0.3, -0.25) is 4.99 Å². The van der Waals surface area contributed by atoms with Crippen LogP contribution >= 0.6 is 46.9 Å². The molecule has 0 spiro atoms. The van der Waals surface area contributed by atoms with Crippen molar-refractivity contribution in [1.82, 2.24) is 10.2 Å². The zero-order chi connectivity index (χ0) is 16.5. The van der Waals surface area contributed by atoms with Crippen molar-refractivity contribution in [1.29, 1.82) is 0 Å². The average Bonchev–Trinajstić information content (AvgIpc) is 2.96. The second-order valence-corrected chi connectivity index (χ2v) is 7.37. The maximum atomic E-state index is 5.97. The first-order valence-corrected chi connectivity index (χ1v) is 9.24. The Bertz CT molecular complexity index is 495. The fourth-order valence-electron chi connectivity index (χ4n) is 2.50. The van der Waals surface area contributed by atoms with Gasteiger partial charge in [0.25, 0.3) is 0 Å². The lowest BCUT2D eigenvalue weighted by Gasteiger charge is -2.23. The van der Waals surface area contributed by atoms with E-state index in [1.807, 2.05) is 13.1 Å². The zero-order valence-electron chi connectivity index (χ0n) is 14.3. The molecule has 0 amide bonds. The number of nitrogens with one attached hydrogen (secondary N) is 1. The minimum Gasteiger partial charge on any atom is -0.381 e. The molecule has 0 bridgehead atoms. The summed E-state index contributed by atoms with van der Waals surface area (Å²) in [6.07, 6.45) is 3.37. The lowest BCUT2D eigenvalue weighted by Crippen LogP contribution is -2.39. The third kappa shape index (κ3) is 7.86. The third-order valence-corrected chi connectivity index (χ3v) is 4.94. The van der Waals surface area contributed by atoms with Crippen LogP contribution in [0, 0.1) is 0 Å². The van der Waals surface area contributed by atoms with Gasteiger partial charge in [-0.1, -0.05) is 11.6 Å². The molecule has 1 aliphatic rings. The van der Waals surface area contributed by atoms with Crippen LogP contribution in [0.4, 0.5) is 0 Å². The van der Waals surface area contributed by atoms with Crippen molar-refractivity contribution in [3.8, 4) is 0 Å². The van der Waals surface area contributed by atoms with Gasteiger partial charge in [-0.05, 0) is 31.4 Å². The van der Waals surface area contributed by atoms with E-state index in [0.717, 1.165) is 62.5 Å². The lowest BCUT2D eigenvalue weighted by atomic mass is 10.1. The summed E-state index contributed by atoms with van der Waals surface area (Å²) in [5, 5.41) is 3.38. The molecule has 0 radical (unpaired) electrons. The van der Waals surface area contributed by atoms with Crippen LogP contribution in [-0.4, -0.2) is 57.4 Å². The van der Waals surface area contributed by atoms with E-state index >= 15 is 0 Å². The highest BCUT2D eigenvalue weighted by Crippen LogP contribution is 2.22. The molecule has 0 saturated carbocycles. The molecule has 0 aliphatic carbocycles. The van der Waals surface area contributed by atoms with Gasteiger partial charge in [0.05, 0.1) is 17.0 Å². The van der Waals surface area contributed by atoms with E-state index < -0.39 is 0 Å². The molecule has 1 N–H and O–H groups in total. The molecular weight excluding hydrogens is 461 g/mol. The van der Waals surface area contributed by atoms with Gasteiger partial charge in [-0.15, -0.1) is 35.3 Å². The van der Waals surface area contributed by atoms with Crippen molar-refractivity contribution in [3.63, 3.8) is 0 Å². The summed E-state index contributed by atoms with van der Waals surface area (Å²) in [5.41, 5.74) is 0. The molecule has 1 aromatic heterocycles. The minimum atomic E-state index is 0. The number of halogens is 2. The van der Waals surface area contributed by atoms with Crippen molar-refractivity contribution in [3.05, 3.63) is 21.3 Å². The van der Waals surface area contributed by atoms with Crippen LogP contribution in [0.1, 0.15) is 24.1 Å². The first-order valence-electron chi connectivity index (χ1n) is 8.04. The highest BCUT2D eigenvalue weighted by molar-refractivity contribution is 14.0. The van der Waals surface area contributed by atoms with E-state index in [4.69, 9.17) is 21.1 Å². The van der Waals surface area contributed by atoms with Gasteiger partial charge >= 0.3 is 0 Å². The third-order valence-electron chi connectivity index (χ3n) is 3.72. The smallest absolute Gasteiger partial charge is 0.193 e. The molecule has 24 heavy (non-hydrogen) atoms. The molecule has 1 aliphatic heterocycles. The highest BCUT2D eigenvalue weighted by atomic mass is 127. The fraction of sp³-hybridized carbons (Fsp3) is 0.688. The Hall–Kier alpha value is -0.0900. The number of thiophene rings is 1. The molecule has 0 unspecified atom stereocenters. The van der Waals surface area contributed by atoms with Gasteiger partial charge in [0.15, 0.2) is 5.96 Å². The van der Waals surface area contributed by atoms with Crippen LogP contribution in [0.5, 0.6) is 0 Å². The Morgan fingerprint density at radius 2 is 2.21 bits per heavy atom. The van der Waals surface area contributed by atoms with E-state index in [1.165, 1.54) is 4.88 Å². The van der Waals surface area contributed by atoms with Gasteiger partial charge in [-0.2, -0.15) is 0 Å². The lowest BCUT2D eigenvalue weighted by molar-refractivity contribution is -0.0320. The second kappa shape index (κ2) is 12.3. The molecule has 1 saturated heterocycles. The van der Waals surface area contributed by atoms with Gasteiger partial charge in [-0.25, -0.2) is 0 Å². The zero-order valence-corrected chi connectivity index (χ0v) is 18.2. The molecule has 2 rings (SSSR count). The highest BCUT2D eigenvalue weighted by Gasteiger charge is 2.13. The summed E-state index contributed by atoms with van der Waals surface area (Å²) in [5.74, 6) is 0.889. The van der Waals surface area contributed by atoms with Gasteiger partial charge in [0.2, 0.25) is 0 Å². The molecular formula is C16H27ClIN3O2S. The maximum Gasteiger partial charge on any atom is 0.193 e. The predicted molar refractivity (Wildman–Crippen MR) is 112 cm³/mol. The monoisotopic (exact) mass is 487 g/mol. The largest absolute Gasteiger partial charge is 0.381 e. The van der Waals surface area contributed by atoms with Crippen LogP contribution in [0.3, 0.4) is 0 Å². The van der Waals surface area contributed by atoms with E-state index in [2.05, 4.69) is 21.3 Å². The van der Waals surface area contributed by atoms with Crippen molar-refractivity contribution in [2.75, 3.05) is 40.5 Å². The van der Waals surface area contributed by atoms with E-state index in [9.17, 15) is 0 Å². The first-order chi connectivity index (χ1) is 11.2. The molecule has 5 nitrogen and oxygen atoms in total. The number of hydrogen-bond acceptors (Lipinski definition) is 4. The van der Waals surface area contributed by atoms with Gasteiger partial charge < -0.3 is 19.7 Å². The standard InChI is InChI=1S/C16H26ClN3O2S.HI/c1-18-16(20(2)12-14-4-5-15(17)23-14)19-8-3-9-22-13-6-10-21-11-7-13;/h4-5,13H,3,6-12H2,1-2H3,(H,18,19);1H. The van der Waals surface area contributed by atoms with Crippen LogP contribution in [0.15, 0.2) is 17.1 Å². The second-order valence-electron chi connectivity index (χ2n) is 5.57. The van der Waals surface area contributed by atoms with Crippen LogP contribution in [0.25, 0.3) is 0 Å². The normalized spacial score (nSPS) is 15.9. The Morgan fingerprint density at radius 3 is 2.83 bits per heavy atom. The minimum absolute atomic E-state index is 0. The van der Waals surface area contributed by atoms with Crippen LogP contribution < -0.4 is 5.32 Å². The molecule has 0 atom stereocenters. The molecule has 1 fully saturated rings. The molecule has 1 aromatic rings. The van der Waals surface area contributed by atoms with Crippen LogP contribution in [0.2, 0.25) is 4.34 Å². The van der Waals surface area contributed by atoms with Gasteiger partial charge in [0.1, 0.15) is 0 Å². The SMILES string of the molecule is CN=C(NCCCOC1CCOCC1)N(C)Cc1ccc(Cl)s1.I. The Balaban J connectivity index is 0.00000288. The Labute approximate surface area is 170 Å². The summed E-state index contributed by atoms with van der Waals surface area (Å²) in [4.78, 5) is 7.65. The predicted octanol–water partition coefficient (Wildman–Crippen LogP) is 3.61. The summed E-state index contributed by atoms with van der Waals surface area (Å²) in [6.45, 7) is 4.08. The van der Waals surface area contributed by atoms with Crippen molar-refractivity contribution < 1.29 is 9.47 Å². The average molecular weight is 488 g/mol. The maximum absolute atomic E-state index is 5.97. The van der Waals surface area contributed by atoms with Crippen molar-refractivity contribution in [2.45, 2.75) is 31.9 Å². The van der Waals surface area contributed by atoms with Crippen molar-refractivity contribution >= 4 is 52.9 Å². The summed E-state index contributed by atoms with van der Waals surface area (Å²) in [6, 6.07) is 3.98. The summed E-state index contributed by atoms with van der Waals surface area (Å²) < 4.78 is 12.0. The van der Waals surface area contributed by atoms with Crippen LogP contribution in [-0.2, 0) is 16.0 Å². The number of nitrogens with zero attached hydrogens (tertiary/aromatic N) is 2. The van der Waals surface area contributed by atoms with Crippen molar-refractivity contribution in [2.24, 2.45) is 4.99 Å². The number of guanidine groups is 1. The number of aliphatic imine (C=N–C) groups is 1.